The van der Waals surface area contributed by atoms with Crippen molar-refractivity contribution in [1.82, 2.24) is 0 Å². The van der Waals surface area contributed by atoms with Gasteiger partial charge in [0.05, 0.1) is 11.7 Å². The number of aliphatic hydroxyl groups is 2. The molecule has 0 unspecified atom stereocenters. The van der Waals surface area contributed by atoms with Crippen LogP contribution in [0, 0.1) is 22.7 Å². The van der Waals surface area contributed by atoms with Gasteiger partial charge in [-0.05, 0) is 62.7 Å². The van der Waals surface area contributed by atoms with Crippen LogP contribution >= 0.6 is 0 Å². The third-order valence-corrected chi connectivity index (χ3v) is 6.96. The molecule has 2 rings (SSSR count). The molecule has 0 bridgehead atoms. The van der Waals surface area contributed by atoms with Crippen molar-refractivity contribution in [2.24, 2.45) is 22.7 Å². The molecule has 2 aliphatic carbocycles. The second-order valence-corrected chi connectivity index (χ2v) is 8.81. The maximum Gasteiger partial charge on any atom is 0.0654 e. The van der Waals surface area contributed by atoms with Crippen LogP contribution in [0.5, 0.6) is 0 Å². The van der Waals surface area contributed by atoms with E-state index < -0.39 is 5.60 Å². The van der Waals surface area contributed by atoms with E-state index in [9.17, 15) is 10.2 Å². The van der Waals surface area contributed by atoms with Gasteiger partial charge < -0.3 is 10.2 Å². The molecular formula is C20H34O2. The highest BCUT2D eigenvalue weighted by Gasteiger charge is 2.61. The minimum absolute atomic E-state index is 0.102. The van der Waals surface area contributed by atoms with Crippen LogP contribution in [0.3, 0.4) is 0 Å². The maximum atomic E-state index is 11.0. The standard InChI is InChI=1S/C20H34O2/c1-7-14(2)8-9-16-19(5,22)13-10-15-18(3,4)12-11-17(21)20(15,16)6/h7,15-17,21-22H,1-2,8-13H2,3-6H3/t15-,16-,17-,19-,20-/m1/s1. The highest BCUT2D eigenvalue weighted by molar-refractivity contribution is 5.14. The smallest absolute Gasteiger partial charge is 0.0654 e. The summed E-state index contributed by atoms with van der Waals surface area (Å²) in [6.45, 7) is 16.7. The first kappa shape index (κ1) is 17.7. The molecule has 0 spiro atoms. The third kappa shape index (κ3) is 2.80. The van der Waals surface area contributed by atoms with Gasteiger partial charge in [0.15, 0.2) is 0 Å². The molecule has 0 radical (unpaired) electrons. The van der Waals surface area contributed by atoms with Crippen molar-refractivity contribution in [2.45, 2.75) is 77.9 Å². The molecule has 22 heavy (non-hydrogen) atoms. The topological polar surface area (TPSA) is 40.5 Å². The lowest BCUT2D eigenvalue weighted by atomic mass is 9.44. The number of allylic oxidation sites excluding steroid dienone is 2. The van der Waals surface area contributed by atoms with E-state index in [0.717, 1.165) is 44.1 Å². The third-order valence-electron chi connectivity index (χ3n) is 6.96. The van der Waals surface area contributed by atoms with Crippen molar-refractivity contribution >= 4 is 0 Å². The Morgan fingerprint density at radius 3 is 2.41 bits per heavy atom. The Morgan fingerprint density at radius 1 is 1.18 bits per heavy atom. The first-order valence-corrected chi connectivity index (χ1v) is 8.76. The number of aliphatic hydroxyl groups excluding tert-OH is 1. The predicted octanol–water partition coefficient (Wildman–Crippen LogP) is 4.47. The molecule has 5 atom stereocenters. The van der Waals surface area contributed by atoms with E-state index in [1.165, 1.54) is 0 Å². The zero-order chi connectivity index (χ0) is 16.8. The molecule has 2 nitrogen and oxygen atoms in total. The number of rotatable bonds is 4. The number of hydrogen-bond donors (Lipinski definition) is 2. The molecule has 0 heterocycles. The highest BCUT2D eigenvalue weighted by atomic mass is 16.3. The van der Waals surface area contributed by atoms with Gasteiger partial charge in [-0.25, -0.2) is 0 Å². The predicted molar refractivity (Wildman–Crippen MR) is 92.5 cm³/mol. The van der Waals surface area contributed by atoms with Crippen LogP contribution in [0.25, 0.3) is 0 Å². The Morgan fingerprint density at radius 2 is 1.82 bits per heavy atom. The van der Waals surface area contributed by atoms with Crippen LogP contribution in [-0.2, 0) is 0 Å². The molecule has 0 saturated heterocycles. The SMILES string of the molecule is C=CC(=C)CC[C@H]1[C@]2(C)[C@H](O)CCC(C)(C)[C@H]2CC[C@@]1(C)O. The molecule has 2 N–H and O–H groups in total. The van der Waals surface area contributed by atoms with Crippen LogP contribution < -0.4 is 0 Å². The lowest BCUT2D eigenvalue weighted by molar-refractivity contribution is -0.213. The molecule has 126 valence electrons. The zero-order valence-corrected chi connectivity index (χ0v) is 14.9. The summed E-state index contributed by atoms with van der Waals surface area (Å²) in [6, 6.07) is 0. The Kier molecular flexibility index (Phi) is 4.68. The second kappa shape index (κ2) is 5.79. The second-order valence-electron chi connectivity index (χ2n) is 8.81. The lowest BCUT2D eigenvalue weighted by Crippen LogP contribution is -2.62. The van der Waals surface area contributed by atoms with Crippen molar-refractivity contribution in [1.29, 1.82) is 0 Å². The van der Waals surface area contributed by atoms with E-state index in [1.54, 1.807) is 6.08 Å². The van der Waals surface area contributed by atoms with E-state index in [-0.39, 0.29) is 22.9 Å². The van der Waals surface area contributed by atoms with Gasteiger partial charge in [0.25, 0.3) is 0 Å². The fourth-order valence-electron chi connectivity index (χ4n) is 5.58. The molecule has 0 aliphatic heterocycles. The first-order chi connectivity index (χ1) is 10.1. The Hall–Kier alpha value is -0.600. The molecule has 0 aromatic heterocycles. The Bertz CT molecular complexity index is 449. The fraction of sp³-hybridized carbons (Fsp3) is 0.800. The van der Waals surface area contributed by atoms with E-state index in [1.807, 2.05) is 6.92 Å². The van der Waals surface area contributed by atoms with Gasteiger partial charge in [-0.15, -0.1) is 0 Å². The van der Waals surface area contributed by atoms with Crippen LogP contribution in [0.2, 0.25) is 0 Å². The lowest BCUT2D eigenvalue weighted by Gasteiger charge is -2.63. The maximum absolute atomic E-state index is 11.0. The van der Waals surface area contributed by atoms with Crippen LogP contribution in [0.15, 0.2) is 24.8 Å². The quantitative estimate of drug-likeness (QED) is 0.752. The summed E-state index contributed by atoms with van der Waals surface area (Å²) >= 11 is 0. The van der Waals surface area contributed by atoms with Gasteiger partial charge >= 0.3 is 0 Å². The molecular weight excluding hydrogens is 272 g/mol. The molecule has 2 heteroatoms. The molecule has 2 saturated carbocycles. The molecule has 2 aliphatic rings. The average molecular weight is 306 g/mol. The first-order valence-electron chi connectivity index (χ1n) is 8.76. The summed E-state index contributed by atoms with van der Waals surface area (Å²) in [5.41, 5.74) is 0.329. The van der Waals surface area contributed by atoms with Gasteiger partial charge in [0.2, 0.25) is 0 Å². The zero-order valence-electron chi connectivity index (χ0n) is 14.9. The molecule has 0 amide bonds. The summed E-state index contributed by atoms with van der Waals surface area (Å²) in [4.78, 5) is 0. The highest BCUT2D eigenvalue weighted by Crippen LogP contribution is 2.62. The van der Waals surface area contributed by atoms with E-state index in [0.29, 0.717) is 5.92 Å². The Labute approximate surface area is 136 Å². The summed E-state index contributed by atoms with van der Waals surface area (Å²) in [5, 5.41) is 21.9. The monoisotopic (exact) mass is 306 g/mol. The van der Waals surface area contributed by atoms with Crippen molar-refractivity contribution in [2.75, 3.05) is 0 Å². The van der Waals surface area contributed by atoms with Crippen LogP contribution in [0.1, 0.15) is 66.2 Å². The van der Waals surface area contributed by atoms with Gasteiger partial charge in [0, 0.05) is 5.41 Å². The van der Waals surface area contributed by atoms with Crippen molar-refractivity contribution in [3.63, 3.8) is 0 Å². The van der Waals surface area contributed by atoms with Crippen molar-refractivity contribution < 1.29 is 10.2 Å². The van der Waals surface area contributed by atoms with Gasteiger partial charge in [-0.1, -0.05) is 45.6 Å². The number of hydrogen-bond acceptors (Lipinski definition) is 2. The molecule has 0 aromatic rings. The van der Waals surface area contributed by atoms with E-state index >= 15 is 0 Å². The normalized spacial score (nSPS) is 44.2. The molecule has 0 aromatic carbocycles. The fourth-order valence-corrected chi connectivity index (χ4v) is 5.58. The Balaban J connectivity index is 2.36. The molecule has 2 fully saturated rings. The van der Waals surface area contributed by atoms with Crippen molar-refractivity contribution in [3.05, 3.63) is 24.8 Å². The largest absolute Gasteiger partial charge is 0.393 e. The van der Waals surface area contributed by atoms with Gasteiger partial charge in [0.1, 0.15) is 0 Å². The minimum atomic E-state index is -0.707. The van der Waals surface area contributed by atoms with E-state index in [2.05, 4.69) is 33.9 Å². The summed E-state index contributed by atoms with van der Waals surface area (Å²) in [5.74, 6) is 0.566. The summed E-state index contributed by atoms with van der Waals surface area (Å²) in [6.07, 6.45) is 6.95. The van der Waals surface area contributed by atoms with Crippen LogP contribution in [0.4, 0.5) is 0 Å². The van der Waals surface area contributed by atoms with Crippen LogP contribution in [-0.4, -0.2) is 21.9 Å². The number of fused-ring (bicyclic) bond motifs is 1. The summed E-state index contributed by atoms with van der Waals surface area (Å²) in [7, 11) is 0. The van der Waals surface area contributed by atoms with Crippen molar-refractivity contribution in [3.8, 4) is 0 Å². The van der Waals surface area contributed by atoms with Gasteiger partial charge in [-0.2, -0.15) is 0 Å². The van der Waals surface area contributed by atoms with E-state index in [4.69, 9.17) is 0 Å². The van der Waals surface area contributed by atoms with Gasteiger partial charge in [-0.3, -0.25) is 0 Å². The summed E-state index contributed by atoms with van der Waals surface area (Å²) < 4.78 is 0. The minimum Gasteiger partial charge on any atom is -0.393 e. The average Bonchev–Trinajstić information content (AvgIpc) is 2.41.